The largest absolute Gasteiger partial charge is 0.381 e. The van der Waals surface area contributed by atoms with E-state index in [9.17, 15) is 4.79 Å². The van der Waals surface area contributed by atoms with Gasteiger partial charge in [0.25, 0.3) is 5.91 Å². The normalized spacial score (nSPS) is 15.1. The number of ether oxygens (including phenoxy) is 1. The Kier molecular flexibility index (Phi) is 5.44. The molecule has 3 rings (SSSR count). The van der Waals surface area contributed by atoms with Crippen LogP contribution in [0.15, 0.2) is 18.6 Å². The van der Waals surface area contributed by atoms with Crippen molar-refractivity contribution < 1.29 is 9.53 Å². The molecule has 4 N–H and O–H groups in total. The van der Waals surface area contributed by atoms with Crippen molar-refractivity contribution in [3.63, 3.8) is 0 Å². The van der Waals surface area contributed by atoms with Gasteiger partial charge in [0, 0.05) is 38.7 Å². The average Bonchev–Trinajstić information content (AvgIpc) is 3.08. The highest BCUT2D eigenvalue weighted by Gasteiger charge is 2.17. The van der Waals surface area contributed by atoms with Crippen molar-refractivity contribution >= 4 is 23.4 Å². The van der Waals surface area contributed by atoms with E-state index in [2.05, 4.69) is 25.7 Å². The van der Waals surface area contributed by atoms with Crippen molar-refractivity contribution in [2.75, 3.05) is 30.4 Å². The third-order valence-corrected chi connectivity index (χ3v) is 4.17. The fourth-order valence-electron chi connectivity index (χ4n) is 2.68. The Hall–Kier alpha value is -2.68. The van der Waals surface area contributed by atoms with Gasteiger partial charge in [0.15, 0.2) is 0 Å². The second-order valence-corrected chi connectivity index (χ2v) is 5.97. The predicted octanol–water partition coefficient (Wildman–Crippen LogP) is 1.37. The first kappa shape index (κ1) is 17.2. The van der Waals surface area contributed by atoms with Gasteiger partial charge in [0.1, 0.15) is 5.82 Å². The standard InChI is InChI=1S/C16H23N7O2/c1-2-23-10-12(8-20-23)21-16-19-9-13(14(17)24)15(22-16)18-7-11-3-5-25-6-4-11/h8-11H,2-7H2,1H3,(H2,17,24)(H2,18,19,21,22). The number of anilines is 3. The van der Waals surface area contributed by atoms with Crippen molar-refractivity contribution in [2.45, 2.75) is 26.3 Å². The number of rotatable bonds is 7. The molecule has 0 atom stereocenters. The molecule has 3 heterocycles. The molecular formula is C16H23N7O2. The van der Waals surface area contributed by atoms with E-state index >= 15 is 0 Å². The lowest BCUT2D eigenvalue weighted by atomic mass is 10.0. The minimum Gasteiger partial charge on any atom is -0.381 e. The van der Waals surface area contributed by atoms with Gasteiger partial charge in [0.2, 0.25) is 5.95 Å². The molecule has 2 aromatic heterocycles. The minimum absolute atomic E-state index is 0.280. The van der Waals surface area contributed by atoms with E-state index in [1.807, 2.05) is 13.1 Å². The van der Waals surface area contributed by atoms with Crippen molar-refractivity contribution in [2.24, 2.45) is 11.7 Å². The molecule has 25 heavy (non-hydrogen) atoms. The Morgan fingerprint density at radius 2 is 2.20 bits per heavy atom. The minimum atomic E-state index is -0.556. The lowest BCUT2D eigenvalue weighted by Gasteiger charge is -2.22. The van der Waals surface area contributed by atoms with Gasteiger partial charge < -0.3 is 21.1 Å². The molecule has 0 radical (unpaired) electrons. The number of primary amides is 1. The molecule has 1 aliphatic rings. The van der Waals surface area contributed by atoms with Crippen LogP contribution in [0.3, 0.4) is 0 Å². The smallest absolute Gasteiger partial charge is 0.254 e. The maximum atomic E-state index is 11.6. The predicted molar refractivity (Wildman–Crippen MR) is 93.8 cm³/mol. The van der Waals surface area contributed by atoms with Crippen molar-refractivity contribution in [1.82, 2.24) is 19.7 Å². The lowest BCUT2D eigenvalue weighted by molar-refractivity contribution is 0.0699. The lowest BCUT2D eigenvalue weighted by Crippen LogP contribution is -2.24. The Balaban J connectivity index is 1.72. The van der Waals surface area contributed by atoms with Crippen LogP contribution in [-0.2, 0) is 11.3 Å². The van der Waals surface area contributed by atoms with E-state index < -0.39 is 5.91 Å². The zero-order valence-electron chi connectivity index (χ0n) is 14.2. The second kappa shape index (κ2) is 7.93. The van der Waals surface area contributed by atoms with E-state index in [1.54, 1.807) is 10.9 Å². The van der Waals surface area contributed by atoms with Crippen molar-refractivity contribution in [3.8, 4) is 0 Å². The molecule has 134 valence electrons. The highest BCUT2D eigenvalue weighted by Crippen LogP contribution is 2.20. The number of nitrogens with zero attached hydrogens (tertiary/aromatic N) is 4. The van der Waals surface area contributed by atoms with E-state index in [0.717, 1.165) is 38.3 Å². The third kappa shape index (κ3) is 4.44. The monoisotopic (exact) mass is 345 g/mol. The summed E-state index contributed by atoms with van der Waals surface area (Å²) in [7, 11) is 0. The Morgan fingerprint density at radius 3 is 2.88 bits per heavy atom. The summed E-state index contributed by atoms with van der Waals surface area (Å²) in [6, 6.07) is 0. The summed E-state index contributed by atoms with van der Waals surface area (Å²) in [4.78, 5) is 20.2. The Labute approximate surface area is 146 Å². The summed E-state index contributed by atoms with van der Waals surface area (Å²) in [6.45, 7) is 5.04. The maximum absolute atomic E-state index is 11.6. The number of aromatic nitrogens is 4. The summed E-state index contributed by atoms with van der Waals surface area (Å²) in [6.07, 6.45) is 6.98. The summed E-state index contributed by atoms with van der Waals surface area (Å²) < 4.78 is 7.16. The maximum Gasteiger partial charge on any atom is 0.254 e. The first-order valence-corrected chi connectivity index (χ1v) is 8.43. The first-order chi connectivity index (χ1) is 12.2. The van der Waals surface area contributed by atoms with Gasteiger partial charge in [-0.25, -0.2) is 4.98 Å². The molecule has 1 aliphatic heterocycles. The van der Waals surface area contributed by atoms with Gasteiger partial charge in [-0.1, -0.05) is 0 Å². The topological polar surface area (TPSA) is 120 Å². The van der Waals surface area contributed by atoms with E-state index in [4.69, 9.17) is 10.5 Å². The van der Waals surface area contributed by atoms with Gasteiger partial charge in [-0.15, -0.1) is 0 Å². The van der Waals surface area contributed by atoms with Crippen LogP contribution in [0.4, 0.5) is 17.5 Å². The number of amides is 1. The van der Waals surface area contributed by atoms with Crippen LogP contribution in [-0.4, -0.2) is 45.4 Å². The number of aryl methyl sites for hydroxylation is 1. The van der Waals surface area contributed by atoms with Gasteiger partial charge >= 0.3 is 0 Å². The molecule has 9 heteroatoms. The number of nitrogens with one attached hydrogen (secondary N) is 2. The highest BCUT2D eigenvalue weighted by atomic mass is 16.5. The van der Waals surface area contributed by atoms with Gasteiger partial charge in [0.05, 0.1) is 17.4 Å². The van der Waals surface area contributed by atoms with Gasteiger partial charge in [-0.05, 0) is 25.7 Å². The molecule has 0 aromatic carbocycles. The van der Waals surface area contributed by atoms with Crippen LogP contribution in [0.1, 0.15) is 30.1 Å². The Morgan fingerprint density at radius 1 is 1.40 bits per heavy atom. The SMILES string of the molecule is CCn1cc(Nc2ncc(C(N)=O)c(NCC3CCOCC3)n2)cn1. The summed E-state index contributed by atoms with van der Waals surface area (Å²) in [5, 5.41) is 10.5. The molecule has 0 unspecified atom stereocenters. The number of hydrogen-bond acceptors (Lipinski definition) is 7. The molecule has 0 spiro atoms. The van der Waals surface area contributed by atoms with E-state index in [0.29, 0.717) is 24.2 Å². The molecule has 1 fully saturated rings. The molecular weight excluding hydrogens is 322 g/mol. The molecule has 1 amide bonds. The summed E-state index contributed by atoms with van der Waals surface area (Å²) in [5.41, 5.74) is 6.50. The fraction of sp³-hybridized carbons (Fsp3) is 0.500. The number of hydrogen-bond donors (Lipinski definition) is 3. The average molecular weight is 345 g/mol. The summed E-state index contributed by atoms with van der Waals surface area (Å²) >= 11 is 0. The molecule has 0 saturated carbocycles. The number of nitrogens with two attached hydrogens (primary N) is 1. The zero-order valence-corrected chi connectivity index (χ0v) is 14.2. The molecule has 2 aromatic rings. The van der Waals surface area contributed by atoms with Crippen LogP contribution in [0.2, 0.25) is 0 Å². The van der Waals surface area contributed by atoms with Crippen LogP contribution in [0.5, 0.6) is 0 Å². The first-order valence-electron chi connectivity index (χ1n) is 8.43. The van der Waals surface area contributed by atoms with E-state index in [-0.39, 0.29) is 5.56 Å². The third-order valence-electron chi connectivity index (χ3n) is 4.17. The van der Waals surface area contributed by atoms with Gasteiger partial charge in [-0.3, -0.25) is 9.48 Å². The number of carbonyl (C=O) groups excluding carboxylic acids is 1. The highest BCUT2D eigenvalue weighted by molar-refractivity contribution is 5.97. The van der Waals surface area contributed by atoms with E-state index in [1.165, 1.54) is 6.20 Å². The van der Waals surface area contributed by atoms with Crippen LogP contribution in [0.25, 0.3) is 0 Å². The van der Waals surface area contributed by atoms with Crippen molar-refractivity contribution in [1.29, 1.82) is 0 Å². The fourth-order valence-corrected chi connectivity index (χ4v) is 2.68. The van der Waals surface area contributed by atoms with Crippen LogP contribution < -0.4 is 16.4 Å². The second-order valence-electron chi connectivity index (χ2n) is 5.97. The van der Waals surface area contributed by atoms with Crippen LogP contribution in [0, 0.1) is 5.92 Å². The Bertz CT molecular complexity index is 725. The molecule has 0 aliphatic carbocycles. The summed E-state index contributed by atoms with van der Waals surface area (Å²) in [5.74, 6) is 0.762. The molecule has 1 saturated heterocycles. The van der Waals surface area contributed by atoms with Crippen molar-refractivity contribution in [3.05, 3.63) is 24.2 Å². The number of carbonyl (C=O) groups is 1. The zero-order chi connectivity index (χ0) is 17.6. The molecule has 0 bridgehead atoms. The van der Waals surface area contributed by atoms with Crippen LogP contribution >= 0.6 is 0 Å². The molecule has 9 nitrogen and oxygen atoms in total. The quantitative estimate of drug-likeness (QED) is 0.693. The van der Waals surface area contributed by atoms with Gasteiger partial charge in [-0.2, -0.15) is 10.1 Å².